The lowest BCUT2D eigenvalue weighted by Crippen LogP contribution is -2.57. The molecule has 32 heavy (non-hydrogen) atoms. The van der Waals surface area contributed by atoms with Crippen LogP contribution in [0, 0.1) is 46.3 Å². The summed E-state index contributed by atoms with van der Waals surface area (Å²) < 4.78 is 10.4. The SMILES string of the molecule is COC(=O)CC[C@@H](C)C1CCC2C3C(=O)C[C@@H]4C[C@H](OC(C)=O)CC[C@]4(C)C3CC[C@@]21C. The molecule has 0 saturated heterocycles. The van der Waals surface area contributed by atoms with Crippen molar-refractivity contribution in [2.45, 2.75) is 98.0 Å². The summed E-state index contributed by atoms with van der Waals surface area (Å²) in [4.78, 5) is 36.8. The third kappa shape index (κ3) is 3.92. The van der Waals surface area contributed by atoms with E-state index in [-0.39, 0.29) is 34.8 Å². The molecule has 0 aromatic rings. The number of carbonyl (C=O) groups is 3. The third-order valence-corrected chi connectivity index (χ3v) is 10.5. The maximum absolute atomic E-state index is 13.6. The fourth-order valence-corrected chi connectivity index (χ4v) is 8.86. The first kappa shape index (κ1) is 23.8. The zero-order valence-corrected chi connectivity index (χ0v) is 20.7. The van der Waals surface area contributed by atoms with E-state index in [0.29, 0.717) is 48.2 Å². The normalized spacial score (nSPS) is 44.1. The fraction of sp³-hybridized carbons (Fsp3) is 0.889. The highest BCUT2D eigenvalue weighted by atomic mass is 16.5. The molecule has 5 nitrogen and oxygen atoms in total. The van der Waals surface area contributed by atoms with Crippen molar-refractivity contribution in [1.29, 1.82) is 0 Å². The number of hydrogen-bond donors (Lipinski definition) is 0. The van der Waals surface area contributed by atoms with Crippen LogP contribution in [0.5, 0.6) is 0 Å². The van der Waals surface area contributed by atoms with E-state index in [1.165, 1.54) is 26.9 Å². The van der Waals surface area contributed by atoms with Gasteiger partial charge < -0.3 is 9.47 Å². The Hall–Kier alpha value is -1.39. The van der Waals surface area contributed by atoms with Gasteiger partial charge in [0.1, 0.15) is 11.9 Å². The van der Waals surface area contributed by atoms with Gasteiger partial charge in [0.2, 0.25) is 0 Å². The number of Topliss-reactive ketones (excluding diaryl/α,β-unsaturated/α-hetero) is 1. The van der Waals surface area contributed by atoms with Gasteiger partial charge in [-0.25, -0.2) is 0 Å². The summed E-state index contributed by atoms with van der Waals surface area (Å²) in [5.41, 5.74) is 0.385. The van der Waals surface area contributed by atoms with Crippen LogP contribution in [0.3, 0.4) is 0 Å². The zero-order chi connectivity index (χ0) is 23.3. The largest absolute Gasteiger partial charge is 0.469 e. The van der Waals surface area contributed by atoms with E-state index in [2.05, 4.69) is 20.8 Å². The first-order valence-electron chi connectivity index (χ1n) is 12.9. The van der Waals surface area contributed by atoms with Crippen LogP contribution < -0.4 is 0 Å². The van der Waals surface area contributed by atoms with Crippen molar-refractivity contribution >= 4 is 17.7 Å². The Morgan fingerprint density at radius 2 is 1.75 bits per heavy atom. The van der Waals surface area contributed by atoms with E-state index in [4.69, 9.17) is 9.47 Å². The molecule has 0 spiro atoms. The summed E-state index contributed by atoms with van der Waals surface area (Å²) >= 11 is 0. The van der Waals surface area contributed by atoms with Crippen LogP contribution in [0.25, 0.3) is 0 Å². The van der Waals surface area contributed by atoms with Gasteiger partial charge in [-0.15, -0.1) is 0 Å². The molecule has 0 amide bonds. The molecule has 180 valence electrons. The summed E-state index contributed by atoms with van der Waals surface area (Å²) in [7, 11) is 1.46. The van der Waals surface area contributed by atoms with E-state index < -0.39 is 0 Å². The Kier molecular flexibility index (Phi) is 6.50. The smallest absolute Gasteiger partial charge is 0.305 e. The average Bonchev–Trinajstić information content (AvgIpc) is 3.09. The van der Waals surface area contributed by atoms with Crippen molar-refractivity contribution in [1.82, 2.24) is 0 Å². The highest BCUT2D eigenvalue weighted by Gasteiger charge is 2.63. The number of hydrogen-bond acceptors (Lipinski definition) is 5. The number of ketones is 1. The number of fused-ring (bicyclic) bond motifs is 5. The molecule has 4 aliphatic rings. The molecule has 0 radical (unpaired) electrons. The van der Waals surface area contributed by atoms with Crippen LogP contribution in [0.1, 0.15) is 91.9 Å². The number of ether oxygens (including phenoxy) is 2. The standard InChI is InChI=1S/C27H42O5/c1-16(6-9-24(30)31-5)20-7-8-21-25-22(11-13-27(20,21)4)26(3)12-10-19(32-17(2)28)14-18(26)15-23(25)29/h16,18-22,25H,6-15H2,1-5H3/t16-,18+,19-,20?,21?,22?,25?,26+,27-/m1/s1. The van der Waals surface area contributed by atoms with Crippen LogP contribution >= 0.6 is 0 Å². The molecule has 4 rings (SSSR count). The Morgan fingerprint density at radius 1 is 1.06 bits per heavy atom. The molecule has 4 unspecified atom stereocenters. The van der Waals surface area contributed by atoms with E-state index in [1.807, 2.05) is 0 Å². The molecule has 0 aliphatic heterocycles. The molecule has 0 aromatic heterocycles. The van der Waals surface area contributed by atoms with Gasteiger partial charge in [-0.3, -0.25) is 14.4 Å². The van der Waals surface area contributed by atoms with Gasteiger partial charge in [0.15, 0.2) is 0 Å². The van der Waals surface area contributed by atoms with E-state index in [9.17, 15) is 14.4 Å². The van der Waals surface area contributed by atoms with E-state index in [0.717, 1.165) is 38.5 Å². The number of esters is 2. The highest BCUT2D eigenvalue weighted by molar-refractivity contribution is 5.83. The Labute approximate surface area is 193 Å². The average molecular weight is 447 g/mol. The van der Waals surface area contributed by atoms with Crippen LogP contribution in [0.2, 0.25) is 0 Å². The Morgan fingerprint density at radius 3 is 2.44 bits per heavy atom. The maximum atomic E-state index is 13.6. The first-order chi connectivity index (χ1) is 15.1. The van der Waals surface area contributed by atoms with Gasteiger partial charge in [0.25, 0.3) is 0 Å². The van der Waals surface area contributed by atoms with Crippen molar-refractivity contribution in [3.8, 4) is 0 Å². The third-order valence-electron chi connectivity index (χ3n) is 10.5. The van der Waals surface area contributed by atoms with Gasteiger partial charge in [-0.05, 0) is 91.8 Å². The second-order valence-electron chi connectivity index (χ2n) is 11.9. The van der Waals surface area contributed by atoms with Gasteiger partial charge in [-0.1, -0.05) is 20.8 Å². The summed E-state index contributed by atoms with van der Waals surface area (Å²) in [5.74, 6) is 2.68. The Balaban J connectivity index is 1.50. The second kappa shape index (κ2) is 8.76. The molecule has 4 aliphatic carbocycles. The van der Waals surface area contributed by atoms with Crippen molar-refractivity contribution < 1.29 is 23.9 Å². The lowest BCUT2D eigenvalue weighted by Gasteiger charge is -2.60. The number of carbonyl (C=O) groups excluding carboxylic acids is 3. The molecule has 0 N–H and O–H groups in total. The maximum Gasteiger partial charge on any atom is 0.305 e. The summed E-state index contributed by atoms with van der Waals surface area (Å²) in [6, 6.07) is 0. The van der Waals surface area contributed by atoms with Gasteiger partial charge in [-0.2, -0.15) is 0 Å². The molecular weight excluding hydrogens is 404 g/mol. The predicted molar refractivity (Wildman–Crippen MR) is 122 cm³/mol. The van der Waals surface area contributed by atoms with Crippen LogP contribution in [-0.4, -0.2) is 30.9 Å². The topological polar surface area (TPSA) is 69.7 Å². The van der Waals surface area contributed by atoms with Crippen molar-refractivity contribution in [3.63, 3.8) is 0 Å². The minimum Gasteiger partial charge on any atom is -0.469 e. The second-order valence-corrected chi connectivity index (χ2v) is 11.9. The molecule has 9 atom stereocenters. The van der Waals surface area contributed by atoms with Crippen LogP contribution in [0.4, 0.5) is 0 Å². The first-order valence-corrected chi connectivity index (χ1v) is 12.9. The fourth-order valence-electron chi connectivity index (χ4n) is 8.86. The van der Waals surface area contributed by atoms with Gasteiger partial charge >= 0.3 is 11.9 Å². The van der Waals surface area contributed by atoms with Gasteiger partial charge in [0, 0.05) is 25.7 Å². The molecule has 4 fully saturated rings. The lowest BCUT2D eigenvalue weighted by molar-refractivity contribution is -0.168. The van der Waals surface area contributed by atoms with E-state index in [1.54, 1.807) is 0 Å². The number of methoxy groups -OCH3 is 1. The predicted octanol–water partition coefficient (Wildman–Crippen LogP) is 5.35. The van der Waals surface area contributed by atoms with E-state index >= 15 is 0 Å². The molecule has 0 aromatic carbocycles. The minimum atomic E-state index is -0.203. The minimum absolute atomic E-state index is 0.0182. The Bertz CT molecular complexity index is 761. The quantitative estimate of drug-likeness (QED) is 0.533. The van der Waals surface area contributed by atoms with Crippen molar-refractivity contribution in [2.75, 3.05) is 7.11 Å². The molecule has 5 heteroatoms. The monoisotopic (exact) mass is 446 g/mol. The summed E-state index contributed by atoms with van der Waals surface area (Å²) in [6.07, 6.45) is 9.49. The highest BCUT2D eigenvalue weighted by Crippen LogP contribution is 2.67. The lowest BCUT2D eigenvalue weighted by atomic mass is 9.44. The zero-order valence-electron chi connectivity index (χ0n) is 20.7. The number of rotatable bonds is 5. The van der Waals surface area contributed by atoms with Crippen molar-refractivity contribution in [2.24, 2.45) is 46.3 Å². The van der Waals surface area contributed by atoms with Crippen LogP contribution in [0.15, 0.2) is 0 Å². The van der Waals surface area contributed by atoms with Crippen LogP contribution in [-0.2, 0) is 23.9 Å². The summed E-state index contributed by atoms with van der Waals surface area (Å²) in [6.45, 7) is 8.66. The van der Waals surface area contributed by atoms with Gasteiger partial charge in [0.05, 0.1) is 7.11 Å². The molecule has 4 saturated carbocycles. The molecular formula is C27H42O5. The molecule has 0 heterocycles. The molecule has 0 bridgehead atoms. The summed E-state index contributed by atoms with van der Waals surface area (Å²) in [5, 5.41) is 0. The van der Waals surface area contributed by atoms with Crippen molar-refractivity contribution in [3.05, 3.63) is 0 Å².